The van der Waals surface area contributed by atoms with Gasteiger partial charge in [-0.05, 0) is 38.5 Å². The molecule has 0 saturated carbocycles. The molecule has 32 heavy (non-hydrogen) atoms. The van der Waals surface area contributed by atoms with Crippen LogP contribution < -0.4 is 5.32 Å². The number of hydrogen-bond acceptors (Lipinski definition) is 4. The molecule has 0 spiro atoms. The minimum absolute atomic E-state index is 0.0143. The molecule has 1 aliphatic rings. The molecule has 1 aromatic carbocycles. The van der Waals surface area contributed by atoms with Crippen LogP contribution in [0.5, 0.6) is 0 Å². The zero-order valence-corrected chi connectivity index (χ0v) is 17.7. The number of fused-ring (bicyclic) bond motifs is 1. The van der Waals surface area contributed by atoms with E-state index in [4.69, 9.17) is 0 Å². The first-order chi connectivity index (χ1) is 14.8. The van der Waals surface area contributed by atoms with Crippen LogP contribution in [0.4, 0.5) is 23.2 Å². The number of ketones is 1. The third-order valence-corrected chi connectivity index (χ3v) is 5.04. The van der Waals surface area contributed by atoms with E-state index in [2.05, 4.69) is 15.3 Å². The molecule has 0 atom stereocenters. The van der Waals surface area contributed by atoms with Gasteiger partial charge in [0.15, 0.2) is 5.82 Å². The number of hydrogen-bond donors (Lipinski definition) is 1. The number of carbonyl (C=O) groups excluding carboxylic acids is 2. The van der Waals surface area contributed by atoms with Crippen molar-refractivity contribution in [2.24, 2.45) is 0 Å². The Morgan fingerprint density at radius 1 is 1.16 bits per heavy atom. The predicted octanol–water partition coefficient (Wildman–Crippen LogP) is 4.75. The van der Waals surface area contributed by atoms with E-state index in [1.165, 1.54) is 6.20 Å². The van der Waals surface area contributed by atoms with Crippen molar-refractivity contribution in [2.45, 2.75) is 39.3 Å². The summed E-state index contributed by atoms with van der Waals surface area (Å²) in [4.78, 5) is 29.7. The van der Waals surface area contributed by atoms with Gasteiger partial charge in [0.25, 0.3) is 0 Å². The molecule has 0 aliphatic carbocycles. The van der Waals surface area contributed by atoms with Crippen LogP contribution in [0.3, 0.4) is 0 Å². The van der Waals surface area contributed by atoms with Gasteiger partial charge in [-0.25, -0.2) is 9.37 Å². The van der Waals surface area contributed by atoms with Crippen molar-refractivity contribution >= 4 is 17.4 Å². The van der Waals surface area contributed by atoms with E-state index in [0.717, 1.165) is 22.5 Å². The van der Waals surface area contributed by atoms with Crippen LogP contribution in [0.15, 0.2) is 43.0 Å². The maximum atomic E-state index is 14.0. The second-order valence-electron chi connectivity index (χ2n) is 7.84. The summed E-state index contributed by atoms with van der Waals surface area (Å²) in [6, 6.07) is 7.45. The average molecular weight is 448 g/mol. The summed E-state index contributed by atoms with van der Waals surface area (Å²) in [5.74, 6) is -2.18. The molecule has 1 aliphatic heterocycles. The first kappa shape index (κ1) is 23.1. The van der Waals surface area contributed by atoms with Crippen molar-refractivity contribution in [3.05, 3.63) is 60.1 Å². The number of anilines is 1. The van der Waals surface area contributed by atoms with Crippen molar-refractivity contribution in [1.82, 2.24) is 14.5 Å². The Kier molecular flexibility index (Phi) is 5.90. The Hall–Kier alpha value is -3.56. The largest absolute Gasteiger partial charge is 0.449 e. The number of Topliss-reactive ketones (excluding diaryl/α,β-unsaturated/α-hetero) is 1. The third-order valence-electron chi connectivity index (χ3n) is 5.04. The van der Waals surface area contributed by atoms with Crippen LogP contribution in [0.25, 0.3) is 16.9 Å². The summed E-state index contributed by atoms with van der Waals surface area (Å²) >= 11 is 0. The fraction of sp³-hybridized carbons (Fsp3) is 0.273. The summed E-state index contributed by atoms with van der Waals surface area (Å²) < 4.78 is 48.1. The molecule has 0 unspecified atom stereocenters. The average Bonchev–Trinajstić information content (AvgIpc) is 3.27. The normalized spacial score (nSPS) is 14.3. The lowest BCUT2D eigenvalue weighted by Gasteiger charge is -2.14. The minimum Gasteiger partial charge on any atom is -0.325 e. The Balaban J connectivity index is 0.000000360. The number of nitrogens with one attached hydrogen (secondary N) is 1. The predicted molar refractivity (Wildman–Crippen MR) is 110 cm³/mol. The van der Waals surface area contributed by atoms with Crippen LogP contribution in [0, 0.1) is 12.7 Å². The number of carbonyl (C=O) groups is 2. The monoisotopic (exact) mass is 448 g/mol. The molecule has 1 N–H and O–H groups in total. The quantitative estimate of drug-likeness (QED) is 0.574. The summed E-state index contributed by atoms with van der Waals surface area (Å²) in [5, 5.41) is 2.91. The maximum Gasteiger partial charge on any atom is 0.449 e. The van der Waals surface area contributed by atoms with Gasteiger partial charge in [0.05, 0.1) is 23.0 Å². The molecule has 1 amide bonds. The molecule has 0 radical (unpaired) electrons. The SMILES string of the molecule is CC(=O)C(F)(F)F.Cc1cc(-n2cnc(-c3ccc4c(c3)NC(=O)C4(C)C)c2)c(F)cn1. The highest BCUT2D eigenvalue weighted by Gasteiger charge is 2.38. The molecule has 0 bridgehead atoms. The maximum absolute atomic E-state index is 14.0. The molecular formula is C22H20F4N4O2. The number of pyridine rings is 1. The molecule has 0 saturated heterocycles. The number of aryl methyl sites for hydroxylation is 1. The van der Waals surface area contributed by atoms with Crippen molar-refractivity contribution < 1.29 is 27.2 Å². The van der Waals surface area contributed by atoms with Gasteiger partial charge in [-0.1, -0.05) is 12.1 Å². The van der Waals surface area contributed by atoms with Crippen molar-refractivity contribution in [2.75, 3.05) is 5.32 Å². The number of alkyl halides is 3. The number of halogens is 4. The fourth-order valence-corrected chi connectivity index (χ4v) is 3.08. The number of benzene rings is 1. The highest BCUT2D eigenvalue weighted by atomic mass is 19.4. The smallest absolute Gasteiger partial charge is 0.325 e. The Bertz CT molecular complexity index is 1200. The van der Waals surface area contributed by atoms with E-state index in [1.54, 1.807) is 23.2 Å². The Morgan fingerprint density at radius 3 is 2.44 bits per heavy atom. The highest BCUT2D eigenvalue weighted by molar-refractivity contribution is 6.06. The molecule has 2 aromatic heterocycles. The van der Waals surface area contributed by atoms with Crippen LogP contribution in [-0.2, 0) is 15.0 Å². The zero-order chi connectivity index (χ0) is 23.8. The standard InChI is InChI=1S/C19H17FN4O.C3H3F3O/c1-11-6-17(14(20)8-21-11)24-9-16(22-10-24)12-4-5-13-15(7-12)23-18(25)19(13,2)3;1-2(7)3(4,5)6/h4-10H,1-3H3,(H,23,25);1H3. The van der Waals surface area contributed by atoms with Gasteiger partial charge >= 0.3 is 6.18 Å². The molecule has 6 nitrogen and oxygen atoms in total. The Morgan fingerprint density at radius 2 is 1.81 bits per heavy atom. The lowest BCUT2D eigenvalue weighted by atomic mass is 9.86. The van der Waals surface area contributed by atoms with Gasteiger partial charge in [0.1, 0.15) is 6.33 Å². The second kappa shape index (κ2) is 8.18. The summed E-state index contributed by atoms with van der Waals surface area (Å²) in [6.07, 6.45) is -0.0955. The first-order valence-corrected chi connectivity index (χ1v) is 9.51. The minimum atomic E-state index is -4.64. The van der Waals surface area contributed by atoms with Gasteiger partial charge in [-0.15, -0.1) is 0 Å². The molecule has 4 rings (SSSR count). The number of rotatable bonds is 2. The first-order valence-electron chi connectivity index (χ1n) is 9.51. The van der Waals surface area contributed by atoms with Crippen LogP contribution >= 0.6 is 0 Å². The fourth-order valence-electron chi connectivity index (χ4n) is 3.08. The van der Waals surface area contributed by atoms with Gasteiger partial charge in [-0.3, -0.25) is 14.6 Å². The number of aromatic nitrogens is 3. The molecular weight excluding hydrogens is 428 g/mol. The molecule has 10 heteroatoms. The number of nitrogens with zero attached hydrogens (tertiary/aromatic N) is 3. The van der Waals surface area contributed by atoms with Gasteiger partial charge in [-0.2, -0.15) is 13.2 Å². The third kappa shape index (κ3) is 4.53. The van der Waals surface area contributed by atoms with Gasteiger partial charge in [0, 0.05) is 30.1 Å². The van der Waals surface area contributed by atoms with E-state index in [9.17, 15) is 27.2 Å². The lowest BCUT2D eigenvalue weighted by Crippen LogP contribution is -2.26. The van der Waals surface area contributed by atoms with Crippen LogP contribution in [0.2, 0.25) is 0 Å². The highest BCUT2D eigenvalue weighted by Crippen LogP contribution is 2.39. The second-order valence-corrected chi connectivity index (χ2v) is 7.84. The number of imidazole rings is 1. The summed E-state index contributed by atoms with van der Waals surface area (Å²) in [7, 11) is 0. The van der Waals surface area contributed by atoms with Gasteiger partial charge in [0.2, 0.25) is 11.7 Å². The van der Waals surface area contributed by atoms with E-state index in [1.807, 2.05) is 39.0 Å². The van der Waals surface area contributed by atoms with E-state index >= 15 is 0 Å². The molecule has 3 heterocycles. The van der Waals surface area contributed by atoms with Gasteiger partial charge < -0.3 is 9.88 Å². The molecule has 0 fully saturated rings. The van der Waals surface area contributed by atoms with E-state index < -0.39 is 23.2 Å². The molecule has 168 valence electrons. The molecule has 3 aromatic rings. The zero-order valence-electron chi connectivity index (χ0n) is 17.7. The van der Waals surface area contributed by atoms with Crippen LogP contribution in [-0.4, -0.2) is 32.4 Å². The Labute approximate surface area is 181 Å². The number of amides is 1. The summed E-state index contributed by atoms with van der Waals surface area (Å²) in [5.41, 5.74) is 3.93. The van der Waals surface area contributed by atoms with Crippen molar-refractivity contribution in [3.63, 3.8) is 0 Å². The van der Waals surface area contributed by atoms with E-state index in [-0.39, 0.29) is 5.91 Å². The lowest BCUT2D eigenvalue weighted by molar-refractivity contribution is -0.168. The van der Waals surface area contributed by atoms with Crippen molar-refractivity contribution in [1.29, 1.82) is 0 Å². The van der Waals surface area contributed by atoms with E-state index in [0.29, 0.717) is 18.3 Å². The summed E-state index contributed by atoms with van der Waals surface area (Å²) in [6.45, 7) is 6.10. The van der Waals surface area contributed by atoms with Crippen LogP contribution in [0.1, 0.15) is 32.0 Å². The topological polar surface area (TPSA) is 76.9 Å². The van der Waals surface area contributed by atoms with Crippen molar-refractivity contribution in [3.8, 4) is 16.9 Å².